The Morgan fingerprint density at radius 2 is 1.45 bits per heavy atom. The van der Waals surface area contributed by atoms with Crippen molar-refractivity contribution >= 4 is 27.0 Å². The topological polar surface area (TPSA) is 122 Å². The van der Waals surface area contributed by atoms with Gasteiger partial charge in [-0.05, 0) is 29.8 Å². The molecule has 0 fully saturated rings. The van der Waals surface area contributed by atoms with Gasteiger partial charge in [-0.1, -0.05) is 54.3 Å². The zero-order valence-electron chi connectivity index (χ0n) is 15.9. The van der Waals surface area contributed by atoms with Crippen LogP contribution in [0.15, 0.2) is 100 Å². The van der Waals surface area contributed by atoms with E-state index in [1.54, 1.807) is 48.5 Å². The number of hydroxylamine groups is 1. The van der Waals surface area contributed by atoms with E-state index in [2.05, 4.69) is 5.48 Å². The number of nitro groups is 1. The molecule has 3 aromatic carbocycles. The van der Waals surface area contributed by atoms with Crippen LogP contribution in [0.25, 0.3) is 11.5 Å². The highest BCUT2D eigenvalue weighted by atomic mass is 32.2. The third-order valence-electron chi connectivity index (χ3n) is 4.61. The fraction of sp³-hybridized carbons (Fsp3) is 0. The van der Waals surface area contributed by atoms with Gasteiger partial charge in [0, 0.05) is 17.7 Å². The molecule has 3 aromatic rings. The van der Waals surface area contributed by atoms with E-state index in [-0.39, 0.29) is 38.1 Å². The SMILES string of the molecule is O=[N+]([O-])c1ccc(C2=C(S(=O)(=O)c3ccccc3)C(=C([O-])c3ccccc3)NO2)cc1. The van der Waals surface area contributed by atoms with E-state index in [0.717, 1.165) is 0 Å². The second-order valence-corrected chi connectivity index (χ2v) is 8.44. The molecule has 0 aliphatic carbocycles. The predicted octanol–water partition coefficient (Wildman–Crippen LogP) is 3.00. The van der Waals surface area contributed by atoms with E-state index >= 15 is 0 Å². The number of nitrogens with one attached hydrogen (secondary N) is 1. The fourth-order valence-corrected chi connectivity index (χ4v) is 4.65. The summed E-state index contributed by atoms with van der Waals surface area (Å²) in [5.41, 5.74) is 2.60. The highest BCUT2D eigenvalue weighted by Gasteiger charge is 2.35. The van der Waals surface area contributed by atoms with Crippen molar-refractivity contribution in [2.45, 2.75) is 4.90 Å². The highest BCUT2D eigenvalue weighted by Crippen LogP contribution is 2.38. The first kappa shape index (κ1) is 20.2. The largest absolute Gasteiger partial charge is 0.871 e. The summed E-state index contributed by atoms with van der Waals surface area (Å²) < 4.78 is 27.0. The number of hydrogen-bond acceptors (Lipinski definition) is 7. The second kappa shape index (κ2) is 7.96. The number of nitro benzene ring substituents is 1. The molecule has 0 saturated carbocycles. The maximum atomic E-state index is 13.5. The Morgan fingerprint density at radius 1 is 0.871 bits per heavy atom. The molecule has 1 heterocycles. The Kier molecular flexibility index (Phi) is 5.18. The highest BCUT2D eigenvalue weighted by molar-refractivity contribution is 7.95. The molecule has 4 rings (SSSR count). The number of rotatable bonds is 5. The summed E-state index contributed by atoms with van der Waals surface area (Å²) in [6.07, 6.45) is 0. The molecular weight excluding hydrogens is 420 g/mol. The van der Waals surface area contributed by atoms with Crippen molar-refractivity contribution in [2.75, 3.05) is 0 Å². The van der Waals surface area contributed by atoms with Crippen LogP contribution >= 0.6 is 0 Å². The van der Waals surface area contributed by atoms with Crippen LogP contribution in [-0.4, -0.2) is 13.3 Å². The number of benzene rings is 3. The van der Waals surface area contributed by atoms with Gasteiger partial charge >= 0.3 is 0 Å². The van der Waals surface area contributed by atoms with E-state index in [1.807, 2.05) is 0 Å². The van der Waals surface area contributed by atoms with Gasteiger partial charge in [-0.2, -0.15) is 0 Å². The molecule has 0 radical (unpaired) electrons. The van der Waals surface area contributed by atoms with Gasteiger partial charge in [0.2, 0.25) is 9.84 Å². The minimum atomic E-state index is -4.16. The molecule has 8 nitrogen and oxygen atoms in total. The lowest BCUT2D eigenvalue weighted by atomic mass is 10.1. The van der Waals surface area contributed by atoms with Crippen LogP contribution < -0.4 is 10.6 Å². The minimum absolute atomic E-state index is 0.0185. The number of nitrogens with zero attached hydrogens (tertiary/aromatic N) is 1. The summed E-state index contributed by atoms with van der Waals surface area (Å²) in [6.45, 7) is 0. The monoisotopic (exact) mass is 435 g/mol. The lowest BCUT2D eigenvalue weighted by molar-refractivity contribution is -0.384. The van der Waals surface area contributed by atoms with Crippen molar-refractivity contribution in [1.82, 2.24) is 5.48 Å². The Labute approximate surface area is 177 Å². The van der Waals surface area contributed by atoms with E-state index in [1.165, 1.54) is 36.4 Å². The first-order valence-corrected chi connectivity index (χ1v) is 10.6. The number of non-ortho nitro benzene ring substituents is 1. The summed E-state index contributed by atoms with van der Waals surface area (Å²) in [5, 5.41) is 24.0. The van der Waals surface area contributed by atoms with Crippen LogP contribution in [-0.2, 0) is 14.7 Å². The van der Waals surface area contributed by atoms with Crippen molar-refractivity contribution in [2.24, 2.45) is 0 Å². The zero-order chi connectivity index (χ0) is 22.0. The predicted molar refractivity (Wildman–Crippen MR) is 111 cm³/mol. The van der Waals surface area contributed by atoms with Gasteiger partial charge in [0.05, 0.1) is 15.5 Å². The minimum Gasteiger partial charge on any atom is -0.871 e. The standard InChI is InChI=1S/C22H16N2O6S/c25-20(15-7-3-1-4-8-15)19-22(31(28,29)18-9-5-2-6-10-18)21(30-23-19)16-11-13-17(14-12-16)24(26)27/h1-14,23,25H/p-1. The lowest BCUT2D eigenvalue weighted by Gasteiger charge is -2.17. The number of sulfone groups is 1. The van der Waals surface area contributed by atoms with Crippen LogP contribution in [0, 0.1) is 10.1 Å². The molecule has 31 heavy (non-hydrogen) atoms. The number of hydrogen-bond donors (Lipinski definition) is 1. The van der Waals surface area contributed by atoms with Crippen LogP contribution in [0.5, 0.6) is 0 Å². The molecule has 0 saturated heterocycles. The normalized spacial score (nSPS) is 15.2. The third-order valence-corrected chi connectivity index (χ3v) is 6.43. The summed E-state index contributed by atoms with van der Waals surface area (Å²) >= 11 is 0. The van der Waals surface area contributed by atoms with Crippen molar-refractivity contribution in [3.63, 3.8) is 0 Å². The first-order valence-electron chi connectivity index (χ1n) is 9.09. The Bertz CT molecular complexity index is 1300. The smallest absolute Gasteiger partial charge is 0.269 e. The van der Waals surface area contributed by atoms with Crippen LogP contribution in [0.2, 0.25) is 0 Å². The average Bonchev–Trinajstić information content (AvgIpc) is 3.26. The van der Waals surface area contributed by atoms with Crippen LogP contribution in [0.1, 0.15) is 11.1 Å². The molecule has 156 valence electrons. The summed E-state index contributed by atoms with van der Waals surface area (Å²) in [7, 11) is -4.16. The van der Waals surface area contributed by atoms with Gasteiger partial charge in [-0.25, -0.2) is 13.9 Å². The molecule has 0 unspecified atom stereocenters. The van der Waals surface area contributed by atoms with E-state index in [9.17, 15) is 23.6 Å². The molecular formula is C22H15N2O6S-. The maximum absolute atomic E-state index is 13.5. The maximum Gasteiger partial charge on any atom is 0.269 e. The Hall–Kier alpha value is -4.11. The molecule has 0 bridgehead atoms. The molecule has 9 heteroatoms. The lowest BCUT2D eigenvalue weighted by Crippen LogP contribution is -2.18. The summed E-state index contributed by atoms with van der Waals surface area (Å²) in [4.78, 5) is 15.5. The zero-order valence-corrected chi connectivity index (χ0v) is 16.7. The van der Waals surface area contributed by atoms with Gasteiger partial charge < -0.3 is 9.94 Å². The molecule has 1 N–H and O–H groups in total. The van der Waals surface area contributed by atoms with Gasteiger partial charge in [0.25, 0.3) is 5.69 Å². The second-order valence-electron chi connectivity index (χ2n) is 6.55. The molecule has 0 aromatic heterocycles. The van der Waals surface area contributed by atoms with Crippen LogP contribution in [0.4, 0.5) is 5.69 Å². The van der Waals surface area contributed by atoms with Gasteiger partial charge in [-0.3, -0.25) is 10.1 Å². The van der Waals surface area contributed by atoms with Crippen molar-refractivity contribution in [3.05, 3.63) is 117 Å². The first-order chi connectivity index (χ1) is 14.9. The van der Waals surface area contributed by atoms with E-state index in [4.69, 9.17) is 4.84 Å². The molecule has 0 atom stereocenters. The fourth-order valence-electron chi connectivity index (χ4n) is 3.09. The molecule has 1 aliphatic rings. The summed E-state index contributed by atoms with van der Waals surface area (Å²) in [5.74, 6) is -0.676. The van der Waals surface area contributed by atoms with E-state index < -0.39 is 20.5 Å². The third kappa shape index (κ3) is 3.74. The van der Waals surface area contributed by atoms with Crippen molar-refractivity contribution in [1.29, 1.82) is 0 Å². The van der Waals surface area contributed by atoms with Crippen LogP contribution in [0.3, 0.4) is 0 Å². The summed E-state index contributed by atoms with van der Waals surface area (Å²) in [6, 6.07) is 21.0. The van der Waals surface area contributed by atoms with Gasteiger partial charge in [0.15, 0.2) is 5.76 Å². The van der Waals surface area contributed by atoms with Gasteiger partial charge in [0.1, 0.15) is 4.91 Å². The average molecular weight is 435 g/mol. The molecule has 0 amide bonds. The Balaban J connectivity index is 1.96. The molecule has 1 aliphatic heterocycles. The van der Waals surface area contributed by atoms with Crippen molar-refractivity contribution in [3.8, 4) is 0 Å². The quantitative estimate of drug-likeness (QED) is 0.371. The molecule has 0 spiro atoms. The Morgan fingerprint density at radius 3 is 2.03 bits per heavy atom. The van der Waals surface area contributed by atoms with Gasteiger partial charge in [-0.15, -0.1) is 0 Å². The van der Waals surface area contributed by atoms with Crippen molar-refractivity contribution < 1.29 is 23.3 Å². The van der Waals surface area contributed by atoms with E-state index in [0.29, 0.717) is 0 Å².